The van der Waals surface area contributed by atoms with Crippen LogP contribution in [0.3, 0.4) is 0 Å². The second-order valence-corrected chi connectivity index (χ2v) is 7.46. The lowest BCUT2D eigenvalue weighted by atomic mass is 10.1. The van der Waals surface area contributed by atoms with Crippen LogP contribution in [0.15, 0.2) is 39.3 Å². The first kappa shape index (κ1) is 15.2. The van der Waals surface area contributed by atoms with E-state index in [0.29, 0.717) is 0 Å². The second-order valence-electron chi connectivity index (χ2n) is 4.46. The van der Waals surface area contributed by atoms with Gasteiger partial charge in [0.1, 0.15) is 0 Å². The topological polar surface area (TPSA) is 12.0 Å². The van der Waals surface area contributed by atoms with Crippen LogP contribution in [0.1, 0.15) is 34.7 Å². The summed E-state index contributed by atoms with van der Waals surface area (Å²) in [6.45, 7) is 5.36. The smallest absolute Gasteiger partial charge is 0.0682 e. The number of aryl methyl sites for hydroxylation is 1. The second kappa shape index (κ2) is 7.02. The summed E-state index contributed by atoms with van der Waals surface area (Å²) in [6.07, 6.45) is 1.13. The molecule has 2 rings (SSSR count). The Bertz CT molecular complexity index is 531. The third kappa shape index (κ3) is 3.69. The molecule has 19 heavy (non-hydrogen) atoms. The van der Waals surface area contributed by atoms with Gasteiger partial charge in [-0.1, -0.05) is 41.1 Å². The zero-order chi connectivity index (χ0) is 13.8. The molecule has 2 aromatic rings. The van der Waals surface area contributed by atoms with E-state index in [1.807, 2.05) is 11.3 Å². The number of thiophene rings is 1. The van der Waals surface area contributed by atoms with Crippen LogP contribution >= 0.6 is 43.2 Å². The Hall–Kier alpha value is -0.160. The van der Waals surface area contributed by atoms with Crippen LogP contribution in [-0.4, -0.2) is 6.54 Å². The van der Waals surface area contributed by atoms with Crippen molar-refractivity contribution >= 4 is 43.2 Å². The predicted octanol–water partition coefficient (Wildman–Crippen LogP) is 5.67. The SMILES string of the molecule is CCCNC(c1cc(Br)c(C)s1)c1ccccc1Br. The first-order valence-corrected chi connectivity index (χ1v) is 8.77. The fourth-order valence-electron chi connectivity index (χ4n) is 1.99. The van der Waals surface area contributed by atoms with Crippen molar-refractivity contribution in [3.8, 4) is 0 Å². The largest absolute Gasteiger partial charge is 0.306 e. The number of nitrogens with one attached hydrogen (secondary N) is 1. The summed E-state index contributed by atoms with van der Waals surface area (Å²) < 4.78 is 2.36. The van der Waals surface area contributed by atoms with Crippen molar-refractivity contribution < 1.29 is 0 Å². The summed E-state index contributed by atoms with van der Waals surface area (Å²) >= 11 is 9.13. The summed E-state index contributed by atoms with van der Waals surface area (Å²) in [7, 11) is 0. The van der Waals surface area contributed by atoms with Crippen molar-refractivity contribution in [3.63, 3.8) is 0 Å². The molecule has 0 aliphatic rings. The molecule has 0 bridgehead atoms. The average Bonchev–Trinajstić information content (AvgIpc) is 2.72. The number of hydrogen-bond donors (Lipinski definition) is 1. The highest BCUT2D eigenvalue weighted by atomic mass is 79.9. The lowest BCUT2D eigenvalue weighted by Crippen LogP contribution is -2.22. The lowest BCUT2D eigenvalue weighted by molar-refractivity contribution is 0.604. The van der Waals surface area contributed by atoms with Gasteiger partial charge in [-0.2, -0.15) is 0 Å². The van der Waals surface area contributed by atoms with E-state index in [9.17, 15) is 0 Å². The molecule has 0 spiro atoms. The first-order valence-electron chi connectivity index (χ1n) is 6.37. The fourth-order valence-corrected chi connectivity index (χ4v) is 4.16. The zero-order valence-corrected chi connectivity index (χ0v) is 15.0. The maximum absolute atomic E-state index is 3.66. The maximum atomic E-state index is 3.66. The monoisotopic (exact) mass is 401 g/mol. The Balaban J connectivity index is 2.38. The van der Waals surface area contributed by atoms with Gasteiger partial charge in [-0.15, -0.1) is 11.3 Å². The Morgan fingerprint density at radius 2 is 1.95 bits per heavy atom. The average molecular weight is 403 g/mol. The molecular formula is C15H17Br2NS. The molecule has 1 heterocycles. The summed E-state index contributed by atoms with van der Waals surface area (Å²) in [4.78, 5) is 2.68. The Morgan fingerprint density at radius 3 is 2.53 bits per heavy atom. The van der Waals surface area contributed by atoms with Gasteiger partial charge in [0.25, 0.3) is 0 Å². The Morgan fingerprint density at radius 1 is 1.21 bits per heavy atom. The molecule has 102 valence electrons. The quantitative estimate of drug-likeness (QED) is 0.679. The van der Waals surface area contributed by atoms with Gasteiger partial charge in [0, 0.05) is 18.7 Å². The van der Waals surface area contributed by atoms with Crippen molar-refractivity contribution in [3.05, 3.63) is 54.6 Å². The van der Waals surface area contributed by atoms with Crippen molar-refractivity contribution in [1.29, 1.82) is 0 Å². The van der Waals surface area contributed by atoms with Crippen LogP contribution in [0.4, 0.5) is 0 Å². The minimum Gasteiger partial charge on any atom is -0.306 e. The number of hydrogen-bond acceptors (Lipinski definition) is 2. The van der Waals surface area contributed by atoms with Gasteiger partial charge in [0.2, 0.25) is 0 Å². The predicted molar refractivity (Wildman–Crippen MR) is 91.0 cm³/mol. The molecule has 1 nitrogen and oxygen atoms in total. The van der Waals surface area contributed by atoms with Gasteiger partial charge in [-0.05, 0) is 53.5 Å². The van der Waals surface area contributed by atoms with Crippen molar-refractivity contribution in [1.82, 2.24) is 5.32 Å². The normalized spacial score (nSPS) is 12.6. The van der Waals surface area contributed by atoms with E-state index in [1.165, 1.54) is 19.8 Å². The molecular weight excluding hydrogens is 386 g/mol. The van der Waals surface area contributed by atoms with Crippen molar-refractivity contribution in [2.45, 2.75) is 26.3 Å². The summed E-state index contributed by atoms with van der Waals surface area (Å²) in [5.74, 6) is 0. The zero-order valence-electron chi connectivity index (χ0n) is 11.0. The van der Waals surface area contributed by atoms with Gasteiger partial charge in [0.15, 0.2) is 0 Å². The molecule has 1 aromatic carbocycles. The maximum Gasteiger partial charge on any atom is 0.0682 e. The Kier molecular flexibility index (Phi) is 5.63. The first-order chi connectivity index (χ1) is 9.13. The standard InChI is InChI=1S/C15H17Br2NS/c1-3-8-18-15(11-6-4-5-7-12(11)16)14-9-13(17)10(2)19-14/h4-7,9,15,18H,3,8H2,1-2H3. The van der Waals surface area contributed by atoms with E-state index in [4.69, 9.17) is 0 Å². The molecule has 0 saturated carbocycles. The molecule has 0 amide bonds. The van der Waals surface area contributed by atoms with Crippen LogP contribution in [0.5, 0.6) is 0 Å². The van der Waals surface area contributed by atoms with Crippen LogP contribution < -0.4 is 5.32 Å². The highest BCUT2D eigenvalue weighted by Gasteiger charge is 2.18. The molecule has 1 N–H and O–H groups in total. The number of benzene rings is 1. The van der Waals surface area contributed by atoms with Crippen LogP contribution in [0.2, 0.25) is 0 Å². The summed E-state index contributed by atoms with van der Waals surface area (Å²) in [5.41, 5.74) is 1.30. The van der Waals surface area contributed by atoms with Gasteiger partial charge >= 0.3 is 0 Å². The molecule has 1 unspecified atom stereocenters. The third-order valence-corrected chi connectivity index (χ3v) is 5.90. The van der Waals surface area contributed by atoms with E-state index in [1.54, 1.807) is 0 Å². The van der Waals surface area contributed by atoms with Gasteiger partial charge < -0.3 is 5.32 Å². The van der Waals surface area contributed by atoms with Gasteiger partial charge in [-0.25, -0.2) is 0 Å². The van der Waals surface area contributed by atoms with Gasteiger partial charge in [0.05, 0.1) is 6.04 Å². The molecule has 1 atom stereocenters. The van der Waals surface area contributed by atoms with Gasteiger partial charge in [-0.3, -0.25) is 0 Å². The summed E-state index contributed by atoms with van der Waals surface area (Å²) in [5, 5.41) is 3.64. The number of halogens is 2. The molecule has 4 heteroatoms. The van der Waals surface area contributed by atoms with E-state index < -0.39 is 0 Å². The molecule has 0 aliphatic carbocycles. The van der Waals surface area contributed by atoms with E-state index >= 15 is 0 Å². The van der Waals surface area contributed by atoms with Crippen molar-refractivity contribution in [2.75, 3.05) is 6.54 Å². The van der Waals surface area contributed by atoms with Crippen LogP contribution in [0.25, 0.3) is 0 Å². The highest BCUT2D eigenvalue weighted by Crippen LogP contribution is 2.36. The Labute approximate surface area is 135 Å². The molecule has 0 aliphatic heterocycles. The number of rotatable bonds is 5. The minimum absolute atomic E-state index is 0.255. The van der Waals surface area contributed by atoms with E-state index in [2.05, 4.69) is 81.4 Å². The van der Waals surface area contributed by atoms with E-state index in [-0.39, 0.29) is 6.04 Å². The minimum atomic E-state index is 0.255. The summed E-state index contributed by atoms with van der Waals surface area (Å²) in [6, 6.07) is 10.9. The molecule has 1 aromatic heterocycles. The fraction of sp³-hybridized carbons (Fsp3) is 0.333. The molecule has 0 fully saturated rings. The third-order valence-electron chi connectivity index (χ3n) is 2.98. The van der Waals surface area contributed by atoms with Crippen LogP contribution in [-0.2, 0) is 0 Å². The van der Waals surface area contributed by atoms with E-state index in [0.717, 1.165) is 17.4 Å². The molecule has 0 saturated heterocycles. The van der Waals surface area contributed by atoms with Crippen molar-refractivity contribution in [2.24, 2.45) is 0 Å². The van der Waals surface area contributed by atoms with Crippen LogP contribution in [0, 0.1) is 6.92 Å². The highest BCUT2D eigenvalue weighted by molar-refractivity contribution is 9.10. The lowest BCUT2D eigenvalue weighted by Gasteiger charge is -2.19. The molecule has 0 radical (unpaired) electrons.